The molecule has 2 aliphatic heterocycles. The predicted octanol–water partition coefficient (Wildman–Crippen LogP) is 0.545. The van der Waals surface area contributed by atoms with Crippen LogP contribution < -0.4 is 5.32 Å². The first kappa shape index (κ1) is 15.5. The van der Waals surface area contributed by atoms with E-state index in [2.05, 4.69) is 5.32 Å². The lowest BCUT2D eigenvalue weighted by Gasteiger charge is -2.37. The van der Waals surface area contributed by atoms with Gasteiger partial charge in [-0.1, -0.05) is 0 Å². The van der Waals surface area contributed by atoms with Crippen LogP contribution in [0.25, 0.3) is 0 Å². The Kier molecular flexibility index (Phi) is 5.22. The molecule has 8 heteroatoms. The van der Waals surface area contributed by atoms with E-state index < -0.39 is 30.8 Å². The molecule has 0 aromatic heterocycles. The van der Waals surface area contributed by atoms with Crippen LogP contribution in [-0.2, 0) is 14.3 Å². The molecule has 0 spiro atoms. The van der Waals surface area contributed by atoms with Crippen molar-refractivity contribution in [1.29, 1.82) is 0 Å². The molecule has 2 rings (SSSR count). The molecule has 20 heavy (non-hydrogen) atoms. The zero-order valence-electron chi connectivity index (χ0n) is 11.1. The van der Waals surface area contributed by atoms with Crippen molar-refractivity contribution >= 4 is 5.91 Å². The van der Waals surface area contributed by atoms with Crippen molar-refractivity contribution in [3.8, 4) is 0 Å². The third-order valence-electron chi connectivity index (χ3n) is 3.47. The van der Waals surface area contributed by atoms with E-state index in [0.29, 0.717) is 32.5 Å². The number of hydrogen-bond donors (Lipinski definition) is 1. The highest BCUT2D eigenvalue weighted by Gasteiger charge is 2.39. The number of ether oxygens (including phenoxy) is 2. The molecular weight excluding hydrogens is 277 g/mol. The van der Waals surface area contributed by atoms with Gasteiger partial charge in [0, 0.05) is 6.04 Å². The van der Waals surface area contributed by atoms with E-state index in [4.69, 9.17) is 9.47 Å². The first-order valence-electron chi connectivity index (χ1n) is 6.74. The van der Waals surface area contributed by atoms with Crippen LogP contribution in [0.3, 0.4) is 0 Å². The molecule has 1 N–H and O–H groups in total. The lowest BCUT2D eigenvalue weighted by atomic mass is 10.0. The number of piperidine rings is 1. The number of amides is 1. The fraction of sp³-hybridized carbons (Fsp3) is 0.917. The second-order valence-electron chi connectivity index (χ2n) is 5.00. The molecule has 1 amide bonds. The summed E-state index contributed by atoms with van der Waals surface area (Å²) in [6.45, 7) is 0.649. The average Bonchev–Trinajstić information content (AvgIpc) is 2.45. The highest BCUT2D eigenvalue weighted by molar-refractivity contribution is 5.81. The van der Waals surface area contributed by atoms with Gasteiger partial charge in [0.2, 0.25) is 0 Å². The minimum atomic E-state index is -4.41. The molecule has 0 bridgehead atoms. The van der Waals surface area contributed by atoms with Crippen molar-refractivity contribution < 1.29 is 27.4 Å². The highest BCUT2D eigenvalue weighted by atomic mass is 19.4. The standard InChI is InChI=1S/C12H19F3N2O3/c13-12(14,15)8-17(9-1-3-16-4-2-9)11(18)10-7-19-5-6-20-10/h9-10,16H,1-8H2. The van der Waals surface area contributed by atoms with E-state index in [0.717, 1.165) is 4.90 Å². The molecule has 2 aliphatic rings. The molecule has 2 fully saturated rings. The molecule has 0 aromatic rings. The quantitative estimate of drug-likeness (QED) is 0.826. The zero-order chi connectivity index (χ0) is 14.6. The first-order chi connectivity index (χ1) is 9.47. The Morgan fingerprint density at radius 1 is 1.25 bits per heavy atom. The Bertz CT molecular complexity index is 326. The maximum Gasteiger partial charge on any atom is 0.406 e. The van der Waals surface area contributed by atoms with Gasteiger partial charge in [-0.15, -0.1) is 0 Å². The summed E-state index contributed by atoms with van der Waals surface area (Å²) in [6, 6.07) is -0.393. The molecule has 0 aromatic carbocycles. The SMILES string of the molecule is O=C(C1COCCO1)N(CC(F)(F)F)C1CCNCC1. The number of alkyl halides is 3. The Morgan fingerprint density at radius 3 is 2.50 bits per heavy atom. The minimum Gasteiger partial charge on any atom is -0.376 e. The van der Waals surface area contributed by atoms with Crippen molar-refractivity contribution in [1.82, 2.24) is 10.2 Å². The van der Waals surface area contributed by atoms with Gasteiger partial charge in [0.05, 0.1) is 19.8 Å². The lowest BCUT2D eigenvalue weighted by molar-refractivity contribution is -0.181. The third kappa shape index (κ3) is 4.32. The summed E-state index contributed by atoms with van der Waals surface area (Å²) in [5.74, 6) is -0.617. The Balaban J connectivity index is 2.05. The molecule has 2 saturated heterocycles. The Hall–Kier alpha value is -0.860. The van der Waals surface area contributed by atoms with Gasteiger partial charge in [0.15, 0.2) is 6.10 Å². The molecular formula is C12H19F3N2O3. The minimum absolute atomic E-state index is 0.0260. The third-order valence-corrected chi connectivity index (χ3v) is 3.47. The number of carbonyl (C=O) groups is 1. The number of nitrogens with one attached hydrogen (secondary N) is 1. The molecule has 0 radical (unpaired) electrons. The number of nitrogens with zero attached hydrogens (tertiary/aromatic N) is 1. The van der Waals surface area contributed by atoms with Gasteiger partial charge in [0.25, 0.3) is 5.91 Å². The summed E-state index contributed by atoms with van der Waals surface area (Å²) in [6.07, 6.45) is -4.28. The van der Waals surface area contributed by atoms with Crippen LogP contribution in [0.2, 0.25) is 0 Å². The molecule has 0 saturated carbocycles. The van der Waals surface area contributed by atoms with Gasteiger partial charge in [0.1, 0.15) is 6.54 Å². The van der Waals surface area contributed by atoms with Gasteiger partial charge in [-0.2, -0.15) is 13.2 Å². The molecule has 116 valence electrons. The number of halogens is 3. The van der Waals surface area contributed by atoms with Crippen LogP contribution in [0.1, 0.15) is 12.8 Å². The van der Waals surface area contributed by atoms with E-state index >= 15 is 0 Å². The number of hydrogen-bond acceptors (Lipinski definition) is 4. The van der Waals surface area contributed by atoms with Gasteiger partial charge >= 0.3 is 6.18 Å². The maximum atomic E-state index is 12.7. The van der Waals surface area contributed by atoms with Crippen LogP contribution >= 0.6 is 0 Å². The van der Waals surface area contributed by atoms with Crippen LogP contribution in [0, 0.1) is 0 Å². The number of rotatable bonds is 3. The van der Waals surface area contributed by atoms with Gasteiger partial charge in [-0.3, -0.25) is 4.79 Å². The smallest absolute Gasteiger partial charge is 0.376 e. The molecule has 5 nitrogen and oxygen atoms in total. The predicted molar refractivity (Wildman–Crippen MR) is 64.2 cm³/mol. The van der Waals surface area contributed by atoms with Crippen molar-refractivity contribution in [3.05, 3.63) is 0 Å². The van der Waals surface area contributed by atoms with E-state index in [-0.39, 0.29) is 13.2 Å². The van der Waals surface area contributed by atoms with Crippen molar-refractivity contribution in [3.63, 3.8) is 0 Å². The molecule has 0 aliphatic carbocycles. The summed E-state index contributed by atoms with van der Waals surface area (Å²) in [7, 11) is 0. The Morgan fingerprint density at radius 2 is 1.95 bits per heavy atom. The second-order valence-corrected chi connectivity index (χ2v) is 5.00. The largest absolute Gasteiger partial charge is 0.406 e. The number of carbonyl (C=O) groups excluding carboxylic acids is 1. The van der Waals surface area contributed by atoms with E-state index in [1.807, 2.05) is 0 Å². The van der Waals surface area contributed by atoms with Crippen LogP contribution in [-0.4, -0.2) is 68.6 Å². The molecule has 1 unspecified atom stereocenters. The topological polar surface area (TPSA) is 50.8 Å². The Labute approximate surface area is 115 Å². The van der Waals surface area contributed by atoms with Gasteiger partial charge < -0.3 is 19.7 Å². The summed E-state index contributed by atoms with van der Waals surface area (Å²) in [5, 5.41) is 3.08. The molecule has 1 atom stereocenters. The summed E-state index contributed by atoms with van der Waals surface area (Å²) in [5.41, 5.74) is 0. The average molecular weight is 296 g/mol. The molecule has 2 heterocycles. The van der Waals surface area contributed by atoms with Gasteiger partial charge in [-0.25, -0.2) is 0 Å². The van der Waals surface area contributed by atoms with E-state index in [1.165, 1.54) is 0 Å². The van der Waals surface area contributed by atoms with E-state index in [9.17, 15) is 18.0 Å². The maximum absolute atomic E-state index is 12.7. The van der Waals surface area contributed by atoms with Gasteiger partial charge in [-0.05, 0) is 25.9 Å². The second kappa shape index (κ2) is 6.73. The first-order valence-corrected chi connectivity index (χ1v) is 6.74. The van der Waals surface area contributed by atoms with Crippen molar-refractivity contribution in [2.24, 2.45) is 0 Å². The lowest BCUT2D eigenvalue weighted by Crippen LogP contribution is -2.54. The zero-order valence-corrected chi connectivity index (χ0v) is 11.1. The van der Waals surface area contributed by atoms with E-state index in [1.54, 1.807) is 0 Å². The van der Waals surface area contributed by atoms with Crippen molar-refractivity contribution in [2.45, 2.75) is 31.2 Å². The van der Waals surface area contributed by atoms with Crippen molar-refractivity contribution in [2.75, 3.05) is 39.5 Å². The van der Waals surface area contributed by atoms with Crippen LogP contribution in [0.5, 0.6) is 0 Å². The monoisotopic (exact) mass is 296 g/mol. The summed E-state index contributed by atoms with van der Waals surface area (Å²) >= 11 is 0. The normalized spacial score (nSPS) is 25.4. The highest BCUT2D eigenvalue weighted by Crippen LogP contribution is 2.23. The summed E-state index contributed by atoms with van der Waals surface area (Å²) < 4.78 is 48.5. The fourth-order valence-corrected chi connectivity index (χ4v) is 2.51. The van der Waals surface area contributed by atoms with Crippen LogP contribution in [0.4, 0.5) is 13.2 Å². The van der Waals surface area contributed by atoms with Crippen LogP contribution in [0.15, 0.2) is 0 Å². The fourth-order valence-electron chi connectivity index (χ4n) is 2.51. The summed E-state index contributed by atoms with van der Waals surface area (Å²) in [4.78, 5) is 13.2.